The lowest BCUT2D eigenvalue weighted by atomic mass is 10.1. The highest BCUT2D eigenvalue weighted by molar-refractivity contribution is 6.30. The Morgan fingerprint density at radius 3 is 2.53 bits per heavy atom. The van der Waals surface area contributed by atoms with Crippen molar-refractivity contribution in [1.29, 1.82) is 0 Å². The van der Waals surface area contributed by atoms with E-state index in [1.165, 1.54) is 6.07 Å². The maximum absolute atomic E-state index is 11.1. The number of halogens is 1. The van der Waals surface area contributed by atoms with E-state index in [4.69, 9.17) is 17.3 Å². The smallest absolute Gasteiger partial charge is 0.252 e. The highest BCUT2D eigenvalue weighted by atomic mass is 35.5. The van der Waals surface area contributed by atoms with Crippen molar-refractivity contribution in [1.82, 2.24) is 9.97 Å². The third-order valence-electron chi connectivity index (χ3n) is 1.90. The minimum Gasteiger partial charge on any atom is -0.369 e. The predicted octanol–water partition coefficient (Wildman–Crippen LogP) is 1.67. The van der Waals surface area contributed by atoms with Gasteiger partial charge in [-0.2, -0.15) is 0 Å². The van der Waals surface area contributed by atoms with Gasteiger partial charge in [0, 0.05) is 16.7 Å². The molecule has 0 spiro atoms. The number of nitrogens with two attached hydrogens (primary N) is 1. The van der Waals surface area contributed by atoms with Gasteiger partial charge in [0.05, 0.1) is 5.69 Å². The summed E-state index contributed by atoms with van der Waals surface area (Å²) in [6.45, 7) is 0. The Labute approximate surface area is 90.7 Å². The first-order valence-corrected chi connectivity index (χ1v) is 4.66. The van der Waals surface area contributed by atoms with Gasteiger partial charge in [0.1, 0.15) is 0 Å². The van der Waals surface area contributed by atoms with Gasteiger partial charge in [0.25, 0.3) is 5.56 Å². The van der Waals surface area contributed by atoms with Crippen molar-refractivity contribution in [2.24, 2.45) is 0 Å². The van der Waals surface area contributed by atoms with Crippen molar-refractivity contribution < 1.29 is 0 Å². The van der Waals surface area contributed by atoms with Crippen LogP contribution in [0.3, 0.4) is 0 Å². The molecule has 5 heteroatoms. The van der Waals surface area contributed by atoms with Crippen molar-refractivity contribution in [2.75, 3.05) is 5.73 Å². The fourth-order valence-corrected chi connectivity index (χ4v) is 1.37. The van der Waals surface area contributed by atoms with Crippen LogP contribution in [0.1, 0.15) is 0 Å². The van der Waals surface area contributed by atoms with E-state index in [1.807, 2.05) is 0 Å². The summed E-state index contributed by atoms with van der Waals surface area (Å²) in [6.07, 6.45) is 0. The third-order valence-corrected chi connectivity index (χ3v) is 2.15. The van der Waals surface area contributed by atoms with Crippen LogP contribution in [-0.2, 0) is 0 Å². The molecule has 1 aromatic carbocycles. The SMILES string of the molecule is Nc1nc(-c2ccc(Cl)cc2)cc(=O)[nH]1. The first kappa shape index (κ1) is 9.73. The first-order chi connectivity index (χ1) is 7.15. The van der Waals surface area contributed by atoms with Gasteiger partial charge >= 0.3 is 0 Å². The molecule has 0 aliphatic rings. The lowest BCUT2D eigenvalue weighted by Gasteiger charge is -2.00. The molecule has 15 heavy (non-hydrogen) atoms. The van der Waals surface area contributed by atoms with Gasteiger partial charge in [-0.15, -0.1) is 0 Å². The molecule has 0 saturated carbocycles. The molecule has 0 atom stereocenters. The van der Waals surface area contributed by atoms with Crippen LogP contribution in [0.25, 0.3) is 11.3 Å². The molecule has 1 heterocycles. The van der Waals surface area contributed by atoms with E-state index >= 15 is 0 Å². The number of nitrogens with one attached hydrogen (secondary N) is 1. The lowest BCUT2D eigenvalue weighted by Crippen LogP contribution is -2.10. The molecule has 1 aromatic heterocycles. The topological polar surface area (TPSA) is 71.8 Å². The van der Waals surface area contributed by atoms with Gasteiger partial charge in [0.2, 0.25) is 5.95 Å². The number of nitrogens with zero attached hydrogens (tertiary/aromatic N) is 1. The highest BCUT2D eigenvalue weighted by Gasteiger charge is 2.01. The molecule has 4 nitrogen and oxygen atoms in total. The van der Waals surface area contributed by atoms with E-state index in [0.29, 0.717) is 10.7 Å². The highest BCUT2D eigenvalue weighted by Crippen LogP contribution is 2.18. The first-order valence-electron chi connectivity index (χ1n) is 4.28. The fourth-order valence-electron chi connectivity index (χ4n) is 1.25. The van der Waals surface area contributed by atoms with E-state index in [-0.39, 0.29) is 11.5 Å². The van der Waals surface area contributed by atoms with Crippen LogP contribution in [0.15, 0.2) is 35.1 Å². The molecule has 2 aromatic rings. The average Bonchev–Trinajstić information content (AvgIpc) is 2.17. The zero-order valence-electron chi connectivity index (χ0n) is 7.70. The molecule has 0 saturated heterocycles. The number of benzene rings is 1. The number of nitrogen functional groups attached to an aromatic ring is 1. The van der Waals surface area contributed by atoms with E-state index in [9.17, 15) is 4.79 Å². The molecule has 0 aliphatic carbocycles. The standard InChI is InChI=1S/C10H8ClN3O/c11-7-3-1-6(2-4-7)8-5-9(15)14-10(12)13-8/h1-5H,(H3,12,13,14,15). The Morgan fingerprint density at radius 2 is 1.93 bits per heavy atom. The zero-order chi connectivity index (χ0) is 10.8. The number of anilines is 1. The molecule has 0 aliphatic heterocycles. The summed E-state index contributed by atoms with van der Waals surface area (Å²) in [5.74, 6) is 0.104. The second-order valence-electron chi connectivity index (χ2n) is 3.02. The molecule has 0 bridgehead atoms. The number of rotatable bonds is 1. The summed E-state index contributed by atoms with van der Waals surface area (Å²) in [5, 5.41) is 0.636. The second-order valence-corrected chi connectivity index (χ2v) is 3.46. The van der Waals surface area contributed by atoms with Gasteiger partial charge in [-0.05, 0) is 12.1 Å². The number of hydrogen-bond donors (Lipinski definition) is 2. The summed E-state index contributed by atoms with van der Waals surface area (Å²) >= 11 is 5.75. The largest absolute Gasteiger partial charge is 0.369 e. The average molecular weight is 222 g/mol. The molecule has 0 fully saturated rings. The van der Waals surface area contributed by atoms with Crippen molar-refractivity contribution >= 4 is 17.5 Å². The Morgan fingerprint density at radius 1 is 1.27 bits per heavy atom. The molecule has 0 radical (unpaired) electrons. The van der Waals surface area contributed by atoms with Crippen LogP contribution in [-0.4, -0.2) is 9.97 Å². The lowest BCUT2D eigenvalue weighted by molar-refractivity contribution is 1.14. The summed E-state index contributed by atoms with van der Waals surface area (Å²) in [7, 11) is 0. The number of aromatic amines is 1. The summed E-state index contributed by atoms with van der Waals surface area (Å²) < 4.78 is 0. The van der Waals surface area contributed by atoms with E-state index in [1.54, 1.807) is 24.3 Å². The summed E-state index contributed by atoms with van der Waals surface area (Å²) in [4.78, 5) is 17.5. The minimum atomic E-state index is -0.271. The third kappa shape index (κ3) is 2.16. The van der Waals surface area contributed by atoms with Crippen molar-refractivity contribution in [3.8, 4) is 11.3 Å². The Bertz CT molecular complexity index is 533. The molecule has 0 amide bonds. The molecule has 2 rings (SSSR count). The van der Waals surface area contributed by atoms with Gasteiger partial charge < -0.3 is 5.73 Å². The van der Waals surface area contributed by atoms with E-state index < -0.39 is 0 Å². The maximum atomic E-state index is 11.1. The minimum absolute atomic E-state index is 0.104. The Kier molecular flexibility index (Phi) is 2.43. The molecular weight excluding hydrogens is 214 g/mol. The van der Waals surface area contributed by atoms with Gasteiger partial charge in [-0.3, -0.25) is 9.78 Å². The summed E-state index contributed by atoms with van der Waals surface area (Å²) in [5.41, 5.74) is 6.50. The predicted molar refractivity (Wildman–Crippen MR) is 59.7 cm³/mol. The Balaban J connectivity index is 2.54. The molecule has 0 unspecified atom stereocenters. The monoisotopic (exact) mass is 221 g/mol. The second kappa shape index (κ2) is 3.74. The maximum Gasteiger partial charge on any atom is 0.252 e. The molecule has 76 valence electrons. The zero-order valence-corrected chi connectivity index (χ0v) is 8.45. The van der Waals surface area contributed by atoms with Gasteiger partial charge in [-0.25, -0.2) is 4.98 Å². The fraction of sp³-hybridized carbons (Fsp3) is 0. The quantitative estimate of drug-likeness (QED) is 0.770. The van der Waals surface area contributed by atoms with Crippen molar-refractivity contribution in [3.63, 3.8) is 0 Å². The van der Waals surface area contributed by atoms with E-state index in [0.717, 1.165) is 5.56 Å². The van der Waals surface area contributed by atoms with Crippen LogP contribution in [0.2, 0.25) is 5.02 Å². The molecule has 3 N–H and O–H groups in total. The number of aromatic nitrogens is 2. The van der Waals surface area contributed by atoms with Gasteiger partial charge in [-0.1, -0.05) is 23.7 Å². The number of H-pyrrole nitrogens is 1. The summed E-state index contributed by atoms with van der Waals surface area (Å²) in [6, 6.07) is 8.42. The van der Waals surface area contributed by atoms with Crippen LogP contribution in [0.5, 0.6) is 0 Å². The van der Waals surface area contributed by atoms with E-state index in [2.05, 4.69) is 9.97 Å². The van der Waals surface area contributed by atoms with Crippen molar-refractivity contribution in [2.45, 2.75) is 0 Å². The number of hydrogen-bond acceptors (Lipinski definition) is 3. The normalized spacial score (nSPS) is 10.2. The van der Waals surface area contributed by atoms with Gasteiger partial charge in [0.15, 0.2) is 0 Å². The molecular formula is C10H8ClN3O. The van der Waals surface area contributed by atoms with Crippen molar-refractivity contribution in [3.05, 3.63) is 45.7 Å². The van der Waals surface area contributed by atoms with Crippen LogP contribution < -0.4 is 11.3 Å². The van der Waals surface area contributed by atoms with Crippen LogP contribution >= 0.6 is 11.6 Å². The van der Waals surface area contributed by atoms with Crippen LogP contribution in [0, 0.1) is 0 Å². The Hall–Kier alpha value is -1.81. The van der Waals surface area contributed by atoms with Crippen LogP contribution in [0.4, 0.5) is 5.95 Å².